The van der Waals surface area contributed by atoms with Gasteiger partial charge in [0.25, 0.3) is 0 Å². The molecule has 1 heterocycles. The topological polar surface area (TPSA) is 80.9 Å². The first kappa shape index (κ1) is 22.6. The van der Waals surface area contributed by atoms with Crippen molar-refractivity contribution < 1.29 is 24.8 Å². The number of aryl methyl sites for hydroxylation is 2. The summed E-state index contributed by atoms with van der Waals surface area (Å²) < 4.78 is 13.1. The van der Waals surface area contributed by atoms with Crippen LogP contribution >= 0.6 is 11.3 Å². The molecule has 0 aliphatic heterocycles. The summed E-state index contributed by atoms with van der Waals surface area (Å²) in [6.45, 7) is 1.47. The minimum atomic E-state index is -1.36. The van der Waals surface area contributed by atoms with E-state index in [-0.39, 0.29) is 12.2 Å². The molecule has 0 bridgehead atoms. The summed E-state index contributed by atoms with van der Waals surface area (Å²) in [6, 6.07) is 16.8. The van der Waals surface area contributed by atoms with E-state index in [1.54, 1.807) is 23.5 Å². The Kier molecular flexibility index (Phi) is 7.75. The molecule has 6 heteroatoms. The monoisotopic (exact) mass is 430 g/mol. The van der Waals surface area contributed by atoms with E-state index in [0.29, 0.717) is 6.42 Å². The fourth-order valence-corrected chi connectivity index (χ4v) is 4.39. The maximum absolute atomic E-state index is 13.1. The van der Waals surface area contributed by atoms with Gasteiger partial charge in [-0.15, -0.1) is 11.3 Å². The summed E-state index contributed by atoms with van der Waals surface area (Å²) in [6.07, 6.45) is -2.20. The normalized spacial score (nSPS) is 14.5. The van der Waals surface area contributed by atoms with Gasteiger partial charge in [0.2, 0.25) is 0 Å². The molecule has 0 amide bonds. The van der Waals surface area contributed by atoms with Crippen LogP contribution in [0.1, 0.15) is 28.0 Å². The SMILES string of the molecule is Cc1ccc(CC[C@@H](O)[C@H](O)[C@H](O)CO)cc1Cc1ccc(-c2ccc(F)cc2)s1. The molecule has 0 unspecified atom stereocenters. The summed E-state index contributed by atoms with van der Waals surface area (Å²) in [5, 5.41) is 38.2. The Labute approximate surface area is 179 Å². The molecule has 0 fully saturated rings. The lowest BCUT2D eigenvalue weighted by Gasteiger charge is -2.21. The highest BCUT2D eigenvalue weighted by Gasteiger charge is 2.23. The van der Waals surface area contributed by atoms with Gasteiger partial charge >= 0.3 is 0 Å². The summed E-state index contributed by atoms with van der Waals surface area (Å²) in [4.78, 5) is 2.30. The third-order valence-corrected chi connectivity index (χ3v) is 6.41. The molecule has 2 aromatic carbocycles. The molecule has 160 valence electrons. The van der Waals surface area contributed by atoms with Crippen molar-refractivity contribution in [3.63, 3.8) is 0 Å². The molecule has 0 aliphatic rings. The number of hydrogen-bond acceptors (Lipinski definition) is 5. The third kappa shape index (κ3) is 5.74. The number of thiophene rings is 1. The zero-order valence-electron chi connectivity index (χ0n) is 16.8. The highest BCUT2D eigenvalue weighted by molar-refractivity contribution is 7.15. The highest BCUT2D eigenvalue weighted by atomic mass is 32.1. The molecular formula is C24H27FO4S. The van der Waals surface area contributed by atoms with E-state index in [1.165, 1.54) is 28.1 Å². The summed E-state index contributed by atoms with van der Waals surface area (Å²) >= 11 is 1.68. The van der Waals surface area contributed by atoms with Gasteiger partial charge in [0, 0.05) is 16.2 Å². The van der Waals surface area contributed by atoms with E-state index in [2.05, 4.69) is 25.1 Å². The first-order valence-electron chi connectivity index (χ1n) is 9.95. The Morgan fingerprint density at radius 1 is 0.933 bits per heavy atom. The van der Waals surface area contributed by atoms with Crippen LogP contribution in [-0.2, 0) is 12.8 Å². The van der Waals surface area contributed by atoms with E-state index in [0.717, 1.165) is 22.4 Å². The Balaban J connectivity index is 1.66. The van der Waals surface area contributed by atoms with Crippen LogP contribution in [0.4, 0.5) is 4.39 Å². The zero-order valence-corrected chi connectivity index (χ0v) is 17.6. The molecule has 0 radical (unpaired) electrons. The lowest BCUT2D eigenvalue weighted by Crippen LogP contribution is -2.39. The Morgan fingerprint density at radius 2 is 1.67 bits per heavy atom. The first-order chi connectivity index (χ1) is 14.4. The van der Waals surface area contributed by atoms with Crippen molar-refractivity contribution in [1.82, 2.24) is 0 Å². The predicted molar refractivity (Wildman–Crippen MR) is 117 cm³/mol. The van der Waals surface area contributed by atoms with Gasteiger partial charge in [0.1, 0.15) is 18.0 Å². The average Bonchev–Trinajstić information content (AvgIpc) is 3.21. The van der Waals surface area contributed by atoms with Crippen molar-refractivity contribution in [3.05, 3.63) is 82.0 Å². The molecular weight excluding hydrogens is 403 g/mol. The highest BCUT2D eigenvalue weighted by Crippen LogP contribution is 2.30. The minimum Gasteiger partial charge on any atom is -0.394 e. The van der Waals surface area contributed by atoms with Crippen LogP contribution in [0.15, 0.2) is 54.6 Å². The fourth-order valence-electron chi connectivity index (χ4n) is 3.35. The zero-order chi connectivity index (χ0) is 21.7. The van der Waals surface area contributed by atoms with Crippen molar-refractivity contribution in [2.75, 3.05) is 6.61 Å². The van der Waals surface area contributed by atoms with Gasteiger partial charge in [-0.2, -0.15) is 0 Å². The summed E-state index contributed by atoms with van der Waals surface area (Å²) in [5.74, 6) is -0.244. The Hall–Kier alpha value is -2.09. The van der Waals surface area contributed by atoms with E-state index >= 15 is 0 Å². The molecule has 3 atom stereocenters. The van der Waals surface area contributed by atoms with Gasteiger partial charge in [0.15, 0.2) is 0 Å². The van der Waals surface area contributed by atoms with E-state index in [9.17, 15) is 19.7 Å². The van der Waals surface area contributed by atoms with Crippen LogP contribution in [-0.4, -0.2) is 45.3 Å². The number of halogens is 1. The van der Waals surface area contributed by atoms with Gasteiger partial charge < -0.3 is 20.4 Å². The van der Waals surface area contributed by atoms with Crippen molar-refractivity contribution in [1.29, 1.82) is 0 Å². The molecule has 4 nitrogen and oxygen atoms in total. The fraction of sp³-hybridized carbons (Fsp3) is 0.333. The van der Waals surface area contributed by atoms with Crippen LogP contribution < -0.4 is 0 Å². The average molecular weight is 431 g/mol. The third-order valence-electron chi connectivity index (χ3n) is 5.27. The summed E-state index contributed by atoms with van der Waals surface area (Å²) in [5.41, 5.74) is 4.39. The van der Waals surface area contributed by atoms with E-state index in [4.69, 9.17) is 5.11 Å². The molecule has 0 spiro atoms. The van der Waals surface area contributed by atoms with Gasteiger partial charge in [-0.3, -0.25) is 0 Å². The standard InChI is InChI=1S/C24H27FO4S/c1-15-2-3-16(4-10-21(27)24(29)22(28)14-26)12-18(15)13-20-9-11-23(30-20)17-5-7-19(25)8-6-17/h2-3,5-9,11-12,21-22,24,26-29H,4,10,13-14H2,1H3/t21-,22-,24+/m1/s1. The van der Waals surface area contributed by atoms with Crippen LogP contribution in [0.2, 0.25) is 0 Å². The smallest absolute Gasteiger partial charge is 0.123 e. The molecule has 3 aromatic rings. The first-order valence-corrected chi connectivity index (χ1v) is 10.8. The van der Waals surface area contributed by atoms with Crippen LogP contribution in [0.3, 0.4) is 0 Å². The maximum atomic E-state index is 13.1. The van der Waals surface area contributed by atoms with Crippen molar-refractivity contribution in [2.24, 2.45) is 0 Å². The molecule has 0 saturated carbocycles. The minimum absolute atomic E-state index is 0.244. The number of benzene rings is 2. The molecule has 4 N–H and O–H groups in total. The van der Waals surface area contributed by atoms with Crippen molar-refractivity contribution in [2.45, 2.75) is 44.5 Å². The summed E-state index contributed by atoms with van der Waals surface area (Å²) in [7, 11) is 0. The largest absolute Gasteiger partial charge is 0.394 e. The second kappa shape index (κ2) is 10.3. The van der Waals surface area contributed by atoms with E-state index < -0.39 is 24.9 Å². The number of hydrogen-bond donors (Lipinski definition) is 4. The van der Waals surface area contributed by atoms with Gasteiger partial charge in [-0.1, -0.05) is 30.3 Å². The van der Waals surface area contributed by atoms with Crippen LogP contribution in [0.5, 0.6) is 0 Å². The second-order valence-electron chi connectivity index (χ2n) is 7.56. The lowest BCUT2D eigenvalue weighted by molar-refractivity contribution is -0.0780. The number of rotatable bonds is 9. The molecule has 0 aliphatic carbocycles. The molecule has 0 saturated heterocycles. The Morgan fingerprint density at radius 3 is 2.37 bits per heavy atom. The van der Waals surface area contributed by atoms with Gasteiger partial charge in [0.05, 0.1) is 12.7 Å². The molecule has 3 rings (SSSR count). The lowest BCUT2D eigenvalue weighted by atomic mass is 9.96. The quantitative estimate of drug-likeness (QED) is 0.419. The van der Waals surface area contributed by atoms with E-state index in [1.807, 2.05) is 12.1 Å². The maximum Gasteiger partial charge on any atom is 0.123 e. The van der Waals surface area contributed by atoms with Gasteiger partial charge in [-0.25, -0.2) is 4.39 Å². The van der Waals surface area contributed by atoms with Crippen molar-refractivity contribution >= 4 is 11.3 Å². The number of aliphatic hydroxyl groups is 4. The molecule has 30 heavy (non-hydrogen) atoms. The van der Waals surface area contributed by atoms with Gasteiger partial charge in [-0.05, 0) is 66.3 Å². The van der Waals surface area contributed by atoms with Crippen molar-refractivity contribution in [3.8, 4) is 10.4 Å². The Bertz CT molecular complexity index is 954. The van der Waals surface area contributed by atoms with Crippen LogP contribution in [0.25, 0.3) is 10.4 Å². The van der Waals surface area contributed by atoms with Crippen LogP contribution in [0, 0.1) is 12.7 Å². The second-order valence-corrected chi connectivity index (χ2v) is 8.73. The number of aliphatic hydroxyl groups excluding tert-OH is 4. The predicted octanol–water partition coefficient (Wildman–Crippen LogP) is 3.46. The molecule has 1 aromatic heterocycles.